The lowest BCUT2D eigenvalue weighted by atomic mass is 9.78. The first-order valence-corrected chi connectivity index (χ1v) is 38.4. The third kappa shape index (κ3) is 10.7. The first-order chi connectivity index (χ1) is 54.3. The van der Waals surface area contributed by atoms with Crippen LogP contribution in [0.3, 0.4) is 0 Å². The molecule has 0 aliphatic heterocycles. The lowest BCUT2D eigenvalue weighted by Gasteiger charge is -2.31. The van der Waals surface area contributed by atoms with Gasteiger partial charge >= 0.3 is 0 Å². The van der Waals surface area contributed by atoms with Crippen molar-refractivity contribution in [3.8, 4) is 55.9 Å². The summed E-state index contributed by atoms with van der Waals surface area (Å²) in [5.41, 5.74) is 19.5. The Morgan fingerprint density at radius 3 is 1.43 bits per heavy atom. The third-order valence-corrected chi connectivity index (χ3v) is 23.7. The maximum Gasteiger partial charge on any atom is 0.235 e. The Labute approximate surface area is 640 Å². The molecular formula is C103H68N6S. The van der Waals surface area contributed by atoms with Crippen molar-refractivity contribution in [1.82, 2.24) is 19.9 Å². The zero-order valence-electron chi connectivity index (χ0n) is 60.4. The summed E-state index contributed by atoms with van der Waals surface area (Å²) in [5, 5.41) is 18.5. The molecule has 0 saturated carbocycles. The highest BCUT2D eigenvalue weighted by Gasteiger charge is 2.40. The van der Waals surface area contributed by atoms with Crippen LogP contribution in [-0.2, 0) is 5.41 Å². The lowest BCUT2D eigenvalue weighted by Crippen LogP contribution is -2.20. The predicted molar refractivity (Wildman–Crippen MR) is 466 cm³/mol. The van der Waals surface area contributed by atoms with Gasteiger partial charge in [0.25, 0.3) is 0 Å². The topological polar surface area (TPSA) is 58.0 Å². The number of fused-ring (bicyclic) bond motifs is 17. The minimum Gasteiger partial charge on any atom is -0.278 e. The first-order valence-electron chi connectivity index (χ1n) is 37.6. The van der Waals surface area contributed by atoms with Gasteiger partial charge in [-0.3, -0.25) is 9.80 Å². The Morgan fingerprint density at radius 2 is 0.736 bits per heavy atom. The molecule has 110 heavy (non-hydrogen) atoms. The first kappa shape index (κ1) is 64.4. The van der Waals surface area contributed by atoms with Gasteiger partial charge in [0.15, 0.2) is 0 Å². The number of thiophene rings is 1. The number of aromatic nitrogens is 4. The quantitative estimate of drug-likeness (QED) is 0.127. The molecular weight excluding hydrogens is 1350 g/mol. The summed E-state index contributed by atoms with van der Waals surface area (Å²) in [6.45, 7) is 4.74. The normalized spacial score (nSPS) is 12.3. The average molecular weight is 1420 g/mol. The fourth-order valence-corrected chi connectivity index (χ4v) is 18.5. The molecule has 516 valence electrons. The molecule has 7 heteroatoms. The number of hydrogen-bond donors (Lipinski definition) is 0. The summed E-state index contributed by atoms with van der Waals surface area (Å²) < 4.78 is 2.46. The van der Waals surface area contributed by atoms with Crippen LogP contribution in [0.1, 0.15) is 25.0 Å². The van der Waals surface area contributed by atoms with Gasteiger partial charge in [0, 0.05) is 70.1 Å². The second-order valence-electron chi connectivity index (χ2n) is 29.1. The lowest BCUT2D eigenvalue weighted by molar-refractivity contribution is 0.662. The smallest absolute Gasteiger partial charge is 0.235 e. The van der Waals surface area contributed by atoms with Crippen molar-refractivity contribution < 1.29 is 0 Å². The van der Waals surface area contributed by atoms with Gasteiger partial charge in [-0.15, -0.1) is 11.3 Å². The second kappa shape index (κ2) is 26.2. The zero-order chi connectivity index (χ0) is 73.0. The van der Waals surface area contributed by atoms with Gasteiger partial charge < -0.3 is 0 Å². The van der Waals surface area contributed by atoms with Gasteiger partial charge in [-0.2, -0.15) is 0 Å². The van der Waals surface area contributed by atoms with Crippen LogP contribution in [0.5, 0.6) is 0 Å². The van der Waals surface area contributed by atoms with Crippen LogP contribution in [0.2, 0.25) is 0 Å². The van der Waals surface area contributed by atoms with Crippen molar-refractivity contribution in [3.05, 3.63) is 387 Å². The Hall–Kier alpha value is -14.0. The summed E-state index contributed by atoms with van der Waals surface area (Å²) in [5.74, 6) is 1.25. The molecule has 3 aromatic heterocycles. The van der Waals surface area contributed by atoms with Gasteiger partial charge in [0.2, 0.25) is 11.9 Å². The van der Waals surface area contributed by atoms with Crippen molar-refractivity contribution in [1.29, 1.82) is 0 Å². The van der Waals surface area contributed by atoms with E-state index >= 15 is 0 Å². The van der Waals surface area contributed by atoms with Crippen molar-refractivity contribution in [2.45, 2.75) is 19.3 Å². The fraction of sp³-hybridized carbons (Fsp3) is 0.0291. The van der Waals surface area contributed by atoms with Gasteiger partial charge in [-0.25, -0.2) is 19.9 Å². The molecule has 0 saturated heterocycles. The Balaban J connectivity index is 0.000000140. The molecule has 0 spiro atoms. The summed E-state index contributed by atoms with van der Waals surface area (Å²) in [6, 6.07) is 135. The SMILES string of the molecule is CC1(C)c2ccccc2-c2ccc(N(c3nc(-c4ccccc4)c4ccc5ccccc5c4n3)c3cccc4c3sc3ccccc34)c(-c3ccccc3)c21.c1ccc(-c2cc3c(ccc4ccccc43)cc2N(c2nc(-c3ccc4ccccc4c3)c3ccc4ccccc4c3n2)c2cccc3ccccc23)cc1. The van der Waals surface area contributed by atoms with E-state index in [1.165, 1.54) is 80.5 Å². The molecule has 0 bridgehead atoms. The van der Waals surface area contributed by atoms with Crippen LogP contribution in [0.25, 0.3) is 163 Å². The van der Waals surface area contributed by atoms with Crippen molar-refractivity contribution >= 4 is 153 Å². The molecule has 0 unspecified atom stereocenters. The summed E-state index contributed by atoms with van der Waals surface area (Å²) in [7, 11) is 0. The number of benzene rings is 18. The van der Waals surface area contributed by atoms with Crippen molar-refractivity contribution in [3.63, 3.8) is 0 Å². The molecule has 6 nitrogen and oxygen atoms in total. The van der Waals surface area contributed by atoms with E-state index in [4.69, 9.17) is 19.9 Å². The molecule has 0 amide bonds. The van der Waals surface area contributed by atoms with Crippen molar-refractivity contribution in [2.24, 2.45) is 0 Å². The molecule has 18 aromatic carbocycles. The molecule has 0 radical (unpaired) electrons. The molecule has 1 aliphatic rings. The number of nitrogens with zero attached hydrogens (tertiary/aromatic N) is 6. The van der Waals surface area contributed by atoms with E-state index in [0.717, 1.165) is 116 Å². The predicted octanol–water partition coefficient (Wildman–Crippen LogP) is 28.5. The Morgan fingerprint density at radius 1 is 0.255 bits per heavy atom. The maximum absolute atomic E-state index is 5.63. The molecule has 1 aliphatic carbocycles. The second-order valence-corrected chi connectivity index (χ2v) is 30.2. The minimum absolute atomic E-state index is 0.252. The summed E-state index contributed by atoms with van der Waals surface area (Å²) in [6.07, 6.45) is 0. The van der Waals surface area contributed by atoms with E-state index in [-0.39, 0.29) is 5.41 Å². The Bertz CT molecular complexity index is 7270. The van der Waals surface area contributed by atoms with E-state index in [0.29, 0.717) is 11.9 Å². The van der Waals surface area contributed by atoms with Crippen LogP contribution >= 0.6 is 11.3 Å². The van der Waals surface area contributed by atoms with Crippen LogP contribution in [0, 0.1) is 0 Å². The molecule has 0 N–H and O–H groups in total. The number of anilines is 6. The van der Waals surface area contributed by atoms with Gasteiger partial charge in [-0.1, -0.05) is 335 Å². The maximum atomic E-state index is 5.63. The third-order valence-electron chi connectivity index (χ3n) is 22.4. The monoisotopic (exact) mass is 1420 g/mol. The average Bonchev–Trinajstić information content (AvgIpc) is 1.56. The van der Waals surface area contributed by atoms with Gasteiger partial charge in [0.1, 0.15) is 0 Å². The van der Waals surface area contributed by atoms with Crippen molar-refractivity contribution in [2.75, 3.05) is 9.80 Å². The van der Waals surface area contributed by atoms with Gasteiger partial charge in [0.05, 0.1) is 49.9 Å². The molecule has 22 rings (SSSR count). The van der Waals surface area contributed by atoms with E-state index in [2.05, 4.69) is 400 Å². The van der Waals surface area contributed by atoms with E-state index < -0.39 is 0 Å². The minimum atomic E-state index is -0.252. The highest BCUT2D eigenvalue weighted by molar-refractivity contribution is 7.26. The highest BCUT2D eigenvalue weighted by atomic mass is 32.1. The highest BCUT2D eigenvalue weighted by Crippen LogP contribution is 2.57. The van der Waals surface area contributed by atoms with E-state index in [1.54, 1.807) is 0 Å². The largest absolute Gasteiger partial charge is 0.278 e. The van der Waals surface area contributed by atoms with Crippen LogP contribution < -0.4 is 9.80 Å². The Kier molecular flexibility index (Phi) is 15.3. The fourth-order valence-electron chi connectivity index (χ4n) is 17.3. The summed E-state index contributed by atoms with van der Waals surface area (Å²) in [4.78, 5) is 27.1. The standard InChI is InChI=1S/C52H33N3.C51H35N3S/c1-2-14-36(15-3-1)47-33-46-40(27-26-37-17-6-9-21-42(37)46)32-49(47)55(48-24-12-20-35-16-7-10-22-43(35)48)52-53-50(41-28-25-34-13-4-5-19-39(34)31-41)45-30-29-38-18-8-11-23-44(38)51(45)54-52;1-51(2)41-25-13-11-22-36(41)38-30-31-42(45(46(38)51)33-17-5-3-6-18-33)54(43-26-15-24-39-37-23-12-14-27-44(37)55-49(39)43)50-52-47(34-19-7-4-8-20-34)40-29-28-32-16-9-10-21-35(32)48(40)53-50/h1-33H;3-31H,1-2H3. The van der Waals surface area contributed by atoms with Gasteiger partial charge in [-0.05, 0) is 136 Å². The molecule has 0 atom stereocenters. The molecule has 3 heterocycles. The molecule has 21 aromatic rings. The van der Waals surface area contributed by atoms with Crippen LogP contribution in [-0.4, -0.2) is 19.9 Å². The molecule has 0 fully saturated rings. The zero-order valence-corrected chi connectivity index (χ0v) is 61.2. The van der Waals surface area contributed by atoms with Crippen LogP contribution in [0.4, 0.5) is 34.6 Å². The van der Waals surface area contributed by atoms with Crippen LogP contribution in [0.15, 0.2) is 376 Å². The summed E-state index contributed by atoms with van der Waals surface area (Å²) >= 11 is 1.83. The van der Waals surface area contributed by atoms with E-state index in [1.807, 2.05) is 11.3 Å². The number of rotatable bonds is 10. The number of hydrogen-bond acceptors (Lipinski definition) is 7. The van der Waals surface area contributed by atoms with E-state index in [9.17, 15) is 0 Å².